The minimum Gasteiger partial charge on any atom is -0.379 e. The van der Waals surface area contributed by atoms with Crippen molar-refractivity contribution in [2.24, 2.45) is 11.3 Å². The van der Waals surface area contributed by atoms with E-state index in [2.05, 4.69) is 19.2 Å². The fraction of sp³-hybridized carbons (Fsp3) is 0.667. The van der Waals surface area contributed by atoms with Gasteiger partial charge in [0, 0.05) is 38.9 Å². The van der Waals surface area contributed by atoms with Gasteiger partial charge in [-0.15, -0.1) is 0 Å². The zero-order valence-electron chi connectivity index (χ0n) is 20.9. The Morgan fingerprint density at radius 1 is 1.26 bits per heavy atom. The third-order valence-corrected chi connectivity index (χ3v) is 8.21. The lowest BCUT2D eigenvalue weighted by Gasteiger charge is -2.39. The topological polar surface area (TPSA) is 50.8 Å². The Morgan fingerprint density at radius 2 is 2.03 bits per heavy atom. The minimum absolute atomic E-state index is 0.0127. The number of halogens is 3. The van der Waals surface area contributed by atoms with Crippen LogP contribution in [0, 0.1) is 11.3 Å². The molecule has 0 spiro atoms. The second-order valence-corrected chi connectivity index (χ2v) is 10.4. The molecule has 1 saturated carbocycles. The molecular formula is C27H37F3N2O3. The summed E-state index contributed by atoms with van der Waals surface area (Å²) in [4.78, 5) is 15.7. The lowest BCUT2D eigenvalue weighted by atomic mass is 9.74. The predicted molar refractivity (Wildman–Crippen MR) is 129 cm³/mol. The monoisotopic (exact) mass is 494 g/mol. The smallest absolute Gasteiger partial charge is 0.379 e. The van der Waals surface area contributed by atoms with Crippen molar-refractivity contribution in [3.63, 3.8) is 0 Å². The molecule has 2 unspecified atom stereocenters. The highest BCUT2D eigenvalue weighted by Crippen LogP contribution is 2.47. The number of carbonyl (C=O) groups is 1. The largest absolute Gasteiger partial charge is 0.416 e. The Hall–Kier alpha value is -1.90. The normalized spacial score (nSPS) is 30.0. The van der Waals surface area contributed by atoms with Crippen LogP contribution in [0.25, 0.3) is 5.57 Å². The molecule has 1 aromatic rings. The number of nitrogens with one attached hydrogen (secondary N) is 1. The van der Waals surface area contributed by atoms with Gasteiger partial charge < -0.3 is 19.7 Å². The van der Waals surface area contributed by atoms with E-state index in [1.165, 1.54) is 12.1 Å². The van der Waals surface area contributed by atoms with E-state index in [0.29, 0.717) is 38.3 Å². The number of benzene rings is 1. The first-order valence-electron chi connectivity index (χ1n) is 12.7. The zero-order valence-corrected chi connectivity index (χ0v) is 20.9. The van der Waals surface area contributed by atoms with Gasteiger partial charge in [-0.3, -0.25) is 4.79 Å². The maximum absolute atomic E-state index is 13.8. The molecule has 4 atom stereocenters. The molecule has 2 aliphatic heterocycles. The molecule has 1 saturated heterocycles. The summed E-state index contributed by atoms with van der Waals surface area (Å²) in [6.07, 6.45) is 1.22. The fourth-order valence-corrected chi connectivity index (χ4v) is 6.04. The molecule has 194 valence electrons. The number of nitrogens with zero attached hydrogens (tertiary/aromatic N) is 1. The van der Waals surface area contributed by atoms with Crippen molar-refractivity contribution >= 4 is 11.5 Å². The van der Waals surface area contributed by atoms with Gasteiger partial charge in [-0.05, 0) is 55.2 Å². The number of methoxy groups -OCH3 is 1. The predicted octanol–water partition coefficient (Wildman–Crippen LogP) is 4.91. The van der Waals surface area contributed by atoms with Crippen LogP contribution in [-0.2, 0) is 20.4 Å². The van der Waals surface area contributed by atoms with Crippen LogP contribution >= 0.6 is 0 Å². The number of hydrogen-bond donors (Lipinski definition) is 1. The average molecular weight is 495 g/mol. The molecule has 0 aromatic heterocycles. The third-order valence-electron chi connectivity index (χ3n) is 8.21. The van der Waals surface area contributed by atoms with Gasteiger partial charge in [0.2, 0.25) is 5.91 Å². The number of carbonyl (C=O) groups excluding carboxylic acids is 1. The summed E-state index contributed by atoms with van der Waals surface area (Å²) < 4.78 is 51.6. The molecule has 35 heavy (non-hydrogen) atoms. The molecule has 2 fully saturated rings. The molecule has 2 heterocycles. The van der Waals surface area contributed by atoms with Gasteiger partial charge in [-0.25, -0.2) is 0 Å². The van der Waals surface area contributed by atoms with Crippen LogP contribution in [0.3, 0.4) is 0 Å². The molecule has 8 heteroatoms. The van der Waals surface area contributed by atoms with Crippen LogP contribution in [0.4, 0.5) is 13.2 Å². The first-order valence-corrected chi connectivity index (χ1v) is 12.7. The molecule has 1 amide bonds. The van der Waals surface area contributed by atoms with Gasteiger partial charge in [0.15, 0.2) is 0 Å². The van der Waals surface area contributed by atoms with Crippen LogP contribution < -0.4 is 5.32 Å². The van der Waals surface area contributed by atoms with Gasteiger partial charge in [-0.2, -0.15) is 13.2 Å². The molecule has 4 rings (SSSR count). The van der Waals surface area contributed by atoms with E-state index in [4.69, 9.17) is 9.47 Å². The maximum atomic E-state index is 13.8. The summed E-state index contributed by atoms with van der Waals surface area (Å²) in [7, 11) is 1.70. The molecular weight excluding hydrogens is 457 g/mol. The molecule has 0 radical (unpaired) electrons. The number of alkyl halides is 3. The van der Waals surface area contributed by atoms with E-state index in [0.717, 1.165) is 31.7 Å². The van der Waals surface area contributed by atoms with E-state index in [-0.39, 0.29) is 35.6 Å². The van der Waals surface area contributed by atoms with Crippen LogP contribution in [0.5, 0.6) is 0 Å². The lowest BCUT2D eigenvalue weighted by Crippen LogP contribution is -2.52. The Balaban J connectivity index is 1.45. The van der Waals surface area contributed by atoms with Gasteiger partial charge >= 0.3 is 6.18 Å². The van der Waals surface area contributed by atoms with Crippen LogP contribution in [-0.4, -0.2) is 62.4 Å². The third kappa shape index (κ3) is 5.44. The van der Waals surface area contributed by atoms with Crippen LogP contribution in [0.15, 0.2) is 30.3 Å². The van der Waals surface area contributed by atoms with E-state index in [1.807, 2.05) is 4.90 Å². The summed E-state index contributed by atoms with van der Waals surface area (Å²) in [5, 5.41) is 3.74. The van der Waals surface area contributed by atoms with Gasteiger partial charge in [0.05, 0.1) is 23.7 Å². The van der Waals surface area contributed by atoms with E-state index in [9.17, 15) is 18.0 Å². The number of ether oxygens (including phenoxy) is 2. The van der Waals surface area contributed by atoms with Crippen molar-refractivity contribution in [2.45, 2.75) is 70.3 Å². The highest BCUT2D eigenvalue weighted by molar-refractivity contribution is 5.85. The molecule has 1 aromatic carbocycles. The summed E-state index contributed by atoms with van der Waals surface area (Å²) in [5.74, 6) is 0.303. The Morgan fingerprint density at radius 3 is 2.69 bits per heavy atom. The van der Waals surface area contributed by atoms with E-state index >= 15 is 0 Å². The highest BCUT2D eigenvalue weighted by atomic mass is 19.4. The minimum atomic E-state index is -4.40. The molecule has 3 aliphatic rings. The van der Waals surface area contributed by atoms with Crippen molar-refractivity contribution in [1.82, 2.24) is 10.2 Å². The number of amides is 1. The van der Waals surface area contributed by atoms with Gasteiger partial charge in [0.1, 0.15) is 0 Å². The molecule has 5 nitrogen and oxygen atoms in total. The van der Waals surface area contributed by atoms with Crippen molar-refractivity contribution in [1.29, 1.82) is 0 Å². The average Bonchev–Trinajstić information content (AvgIpc) is 3.29. The van der Waals surface area contributed by atoms with Crippen LogP contribution in [0.1, 0.15) is 57.1 Å². The SMILES string of the molecule is CO[C@@H]1COCCC1N[C@@H]1CCC(C(=O)N2CC=C(c3ccccc3C(F)(F)F)CC2)(C(C)C)C1. The van der Waals surface area contributed by atoms with Gasteiger partial charge in [0.25, 0.3) is 0 Å². The van der Waals surface area contributed by atoms with Crippen LogP contribution in [0.2, 0.25) is 0 Å². The summed E-state index contributed by atoms with van der Waals surface area (Å²) >= 11 is 0. The van der Waals surface area contributed by atoms with Crippen molar-refractivity contribution < 1.29 is 27.4 Å². The second-order valence-electron chi connectivity index (χ2n) is 10.4. The highest BCUT2D eigenvalue weighted by Gasteiger charge is 2.50. The Kier molecular flexibility index (Phi) is 7.93. The Bertz CT molecular complexity index is 932. The standard InChI is InChI=1S/C27H37F3N2O3/c1-18(2)26(12-8-20(16-26)31-23-11-15-35-17-24(23)34-3)25(33)32-13-9-19(10-14-32)21-6-4-5-7-22(21)27(28,29)30/h4-7,9,18,20,23-24,31H,8,10-17H2,1-3H3/t20-,23?,24-,26?/m1/s1. The number of rotatable bonds is 6. The maximum Gasteiger partial charge on any atom is 0.416 e. The first-order chi connectivity index (χ1) is 16.7. The number of hydrogen-bond acceptors (Lipinski definition) is 4. The van der Waals surface area contributed by atoms with E-state index in [1.54, 1.807) is 19.3 Å². The summed E-state index contributed by atoms with van der Waals surface area (Å²) in [6.45, 7) is 6.29. The zero-order chi connectivity index (χ0) is 25.2. The van der Waals surface area contributed by atoms with Crippen molar-refractivity contribution in [3.8, 4) is 0 Å². The van der Waals surface area contributed by atoms with Crippen molar-refractivity contribution in [2.75, 3.05) is 33.4 Å². The quantitative estimate of drug-likeness (QED) is 0.611. The van der Waals surface area contributed by atoms with E-state index < -0.39 is 17.2 Å². The van der Waals surface area contributed by atoms with Crippen molar-refractivity contribution in [3.05, 3.63) is 41.5 Å². The molecule has 1 N–H and O–H groups in total. The van der Waals surface area contributed by atoms with Gasteiger partial charge in [-0.1, -0.05) is 38.1 Å². The summed E-state index contributed by atoms with van der Waals surface area (Å²) in [6, 6.07) is 6.15. The second kappa shape index (κ2) is 10.6. The fourth-order valence-electron chi connectivity index (χ4n) is 6.04. The molecule has 0 bridgehead atoms. The lowest BCUT2D eigenvalue weighted by molar-refractivity contribution is -0.144. The molecule has 1 aliphatic carbocycles. The first kappa shape index (κ1) is 26.2. The summed E-state index contributed by atoms with van der Waals surface area (Å²) in [5.41, 5.74) is -0.186. The Labute approximate surface area is 206 Å².